The number of aromatic nitrogens is 3. The Morgan fingerprint density at radius 1 is 1.09 bits per heavy atom. The highest BCUT2D eigenvalue weighted by atomic mass is 16.6. The molecule has 10 nitrogen and oxygen atoms in total. The number of likely N-dealkylation sites (tertiary alicyclic amines) is 1. The number of nitrogens with zero attached hydrogens (tertiary/aromatic N) is 4. The summed E-state index contributed by atoms with van der Waals surface area (Å²) < 4.78 is 12.1. The van der Waals surface area contributed by atoms with E-state index in [1.165, 1.54) is 0 Å². The number of amides is 1. The molecule has 232 valence electrons. The van der Waals surface area contributed by atoms with Gasteiger partial charge in [0.1, 0.15) is 11.4 Å². The molecule has 2 atom stereocenters. The minimum atomic E-state index is -0.540. The van der Waals surface area contributed by atoms with E-state index in [0.29, 0.717) is 43.6 Å². The maximum Gasteiger partial charge on any atom is 0.410 e. The first kappa shape index (κ1) is 31.0. The van der Waals surface area contributed by atoms with Crippen molar-refractivity contribution in [2.75, 3.05) is 30.3 Å². The lowest BCUT2D eigenvalue weighted by atomic mass is 10.0. The minimum absolute atomic E-state index is 0.00198. The summed E-state index contributed by atoms with van der Waals surface area (Å²) in [5.74, 6) is 1.63. The highest BCUT2D eigenvalue weighted by molar-refractivity contribution is 5.98. The smallest absolute Gasteiger partial charge is 0.410 e. The summed E-state index contributed by atoms with van der Waals surface area (Å²) in [5, 5.41) is 18.5. The number of aryl methyl sites for hydroxylation is 1. The number of hydrogen-bond donors (Lipinski definition) is 3. The average Bonchev–Trinajstić information content (AvgIpc) is 2.98. The molecule has 0 bridgehead atoms. The molecule has 0 saturated carbocycles. The van der Waals surface area contributed by atoms with E-state index in [-0.39, 0.29) is 18.2 Å². The minimum Gasteiger partial charge on any atom is -0.444 e. The van der Waals surface area contributed by atoms with Crippen molar-refractivity contribution in [3.63, 3.8) is 0 Å². The molecule has 10 heteroatoms. The first-order valence-electron chi connectivity index (χ1n) is 15.2. The number of piperidine rings is 1. The summed E-state index contributed by atoms with van der Waals surface area (Å²) >= 11 is 0. The van der Waals surface area contributed by atoms with Gasteiger partial charge in [0.2, 0.25) is 11.8 Å². The van der Waals surface area contributed by atoms with Crippen LogP contribution < -0.4 is 15.4 Å². The summed E-state index contributed by atoms with van der Waals surface area (Å²) in [6.45, 7) is 11.3. The van der Waals surface area contributed by atoms with Gasteiger partial charge in [0.15, 0.2) is 0 Å². The lowest BCUT2D eigenvalue weighted by molar-refractivity contribution is 0.0206. The van der Waals surface area contributed by atoms with Crippen LogP contribution in [0.3, 0.4) is 0 Å². The fourth-order valence-electron chi connectivity index (χ4n) is 5.26. The molecule has 5 rings (SSSR count). The number of aliphatic hydroxyl groups is 1. The fourth-order valence-corrected chi connectivity index (χ4v) is 5.26. The van der Waals surface area contributed by atoms with Crippen molar-refractivity contribution in [1.29, 1.82) is 0 Å². The van der Waals surface area contributed by atoms with E-state index < -0.39 is 5.60 Å². The van der Waals surface area contributed by atoms with Crippen LogP contribution in [0.5, 0.6) is 11.6 Å². The number of anilines is 2. The number of benzene rings is 2. The van der Waals surface area contributed by atoms with E-state index in [1.54, 1.807) is 24.2 Å². The molecule has 0 radical (unpaired) electrons. The van der Waals surface area contributed by atoms with Crippen molar-refractivity contribution < 1.29 is 19.4 Å². The Morgan fingerprint density at radius 3 is 2.73 bits per heavy atom. The summed E-state index contributed by atoms with van der Waals surface area (Å²) in [6, 6.07) is 15.8. The summed E-state index contributed by atoms with van der Waals surface area (Å²) in [7, 11) is 0. The number of ether oxygens (including phenoxy) is 2. The Kier molecular flexibility index (Phi) is 9.49. The Balaban J connectivity index is 1.36. The molecule has 0 aliphatic carbocycles. The van der Waals surface area contributed by atoms with Crippen LogP contribution in [-0.4, -0.2) is 68.4 Å². The summed E-state index contributed by atoms with van der Waals surface area (Å²) in [4.78, 5) is 28.2. The van der Waals surface area contributed by atoms with E-state index in [4.69, 9.17) is 14.5 Å². The Bertz CT molecular complexity index is 1600. The second-order valence-corrected chi connectivity index (χ2v) is 12.3. The molecule has 1 aliphatic rings. The standard InChI is InChI=1S/C34H42N6O4/c1-22-13-14-25-26(10-6-12-28(25)35-18-15-23(2)41)30(22)43-31-27(11-7-17-36-31)29-16-19-37-32(39-29)38-24-9-8-20-40(21-24)33(42)44-34(3,4)5/h6-7,10-14,16-17,19,23-24,35,41H,8-9,15,18,20-21H2,1-5H3,(H,37,38,39)/t23?,24-/m0/s1. The van der Waals surface area contributed by atoms with Crippen molar-refractivity contribution >= 4 is 28.5 Å². The van der Waals surface area contributed by atoms with Crippen molar-refractivity contribution in [2.45, 2.75) is 71.6 Å². The third-order valence-electron chi connectivity index (χ3n) is 7.39. The molecule has 3 heterocycles. The second kappa shape index (κ2) is 13.5. The van der Waals surface area contributed by atoms with E-state index in [2.05, 4.69) is 26.7 Å². The van der Waals surface area contributed by atoms with Crippen molar-refractivity contribution in [3.8, 4) is 22.9 Å². The first-order valence-corrected chi connectivity index (χ1v) is 15.2. The van der Waals surface area contributed by atoms with Gasteiger partial charge in [-0.2, -0.15) is 0 Å². The van der Waals surface area contributed by atoms with Gasteiger partial charge in [-0.1, -0.05) is 24.3 Å². The van der Waals surface area contributed by atoms with Gasteiger partial charge in [0.05, 0.1) is 17.4 Å². The zero-order valence-corrected chi connectivity index (χ0v) is 26.1. The summed E-state index contributed by atoms with van der Waals surface area (Å²) in [5.41, 5.74) is 2.82. The average molecular weight is 599 g/mol. The number of fused-ring (bicyclic) bond motifs is 1. The molecule has 0 spiro atoms. The number of nitrogens with one attached hydrogen (secondary N) is 2. The van der Waals surface area contributed by atoms with Crippen LogP contribution in [0, 0.1) is 6.92 Å². The molecule has 1 amide bonds. The fraction of sp³-hybridized carbons (Fsp3) is 0.412. The third-order valence-corrected chi connectivity index (χ3v) is 7.39. The number of carbonyl (C=O) groups excluding carboxylic acids is 1. The monoisotopic (exact) mass is 598 g/mol. The highest BCUT2D eigenvalue weighted by Gasteiger charge is 2.28. The topological polar surface area (TPSA) is 122 Å². The number of pyridine rings is 1. The number of rotatable bonds is 9. The van der Waals surface area contributed by atoms with Gasteiger partial charge in [0, 0.05) is 54.5 Å². The maximum atomic E-state index is 12.6. The van der Waals surface area contributed by atoms with Crippen LogP contribution in [0.15, 0.2) is 60.9 Å². The van der Waals surface area contributed by atoms with Crippen LogP contribution >= 0.6 is 0 Å². The molecular formula is C34H42N6O4. The molecule has 1 saturated heterocycles. The van der Waals surface area contributed by atoms with Crippen LogP contribution in [0.1, 0.15) is 52.5 Å². The molecule has 3 N–H and O–H groups in total. The van der Waals surface area contributed by atoms with E-state index in [1.807, 2.05) is 70.2 Å². The van der Waals surface area contributed by atoms with Crippen LogP contribution in [0.25, 0.3) is 22.0 Å². The van der Waals surface area contributed by atoms with Gasteiger partial charge >= 0.3 is 6.09 Å². The van der Waals surface area contributed by atoms with Crippen LogP contribution in [0.2, 0.25) is 0 Å². The maximum absolute atomic E-state index is 12.6. The largest absolute Gasteiger partial charge is 0.444 e. The predicted octanol–water partition coefficient (Wildman–Crippen LogP) is 6.79. The molecular weight excluding hydrogens is 556 g/mol. The lowest BCUT2D eigenvalue weighted by Gasteiger charge is -2.34. The molecule has 2 aromatic heterocycles. The van der Waals surface area contributed by atoms with Crippen molar-refractivity contribution in [1.82, 2.24) is 19.9 Å². The zero-order chi connectivity index (χ0) is 31.3. The normalized spacial score (nSPS) is 16.0. The number of aliphatic hydroxyl groups excluding tert-OH is 1. The van der Waals surface area contributed by atoms with Gasteiger partial charge in [-0.05, 0) is 83.7 Å². The first-order chi connectivity index (χ1) is 21.1. The third kappa shape index (κ3) is 7.74. The molecule has 1 fully saturated rings. The summed E-state index contributed by atoms with van der Waals surface area (Å²) in [6.07, 6.45) is 5.15. The Morgan fingerprint density at radius 2 is 1.93 bits per heavy atom. The van der Waals surface area contributed by atoms with Crippen molar-refractivity contribution in [2.24, 2.45) is 0 Å². The zero-order valence-electron chi connectivity index (χ0n) is 26.1. The molecule has 1 unspecified atom stereocenters. The highest BCUT2D eigenvalue weighted by Crippen LogP contribution is 2.38. The quantitative estimate of drug-likeness (QED) is 0.191. The number of carbonyl (C=O) groups is 1. The molecule has 4 aromatic rings. The van der Waals surface area contributed by atoms with Gasteiger partial charge in [0.25, 0.3) is 0 Å². The Labute approximate surface area is 258 Å². The van der Waals surface area contributed by atoms with Gasteiger partial charge in [-0.15, -0.1) is 0 Å². The molecule has 44 heavy (non-hydrogen) atoms. The van der Waals surface area contributed by atoms with Gasteiger partial charge < -0.3 is 30.1 Å². The van der Waals surface area contributed by atoms with E-state index in [9.17, 15) is 9.90 Å². The van der Waals surface area contributed by atoms with Crippen LogP contribution in [0.4, 0.5) is 16.4 Å². The van der Waals surface area contributed by atoms with E-state index >= 15 is 0 Å². The van der Waals surface area contributed by atoms with Crippen molar-refractivity contribution in [3.05, 3.63) is 66.5 Å². The van der Waals surface area contributed by atoms with Gasteiger partial charge in [-0.25, -0.2) is 19.7 Å². The number of hydrogen-bond acceptors (Lipinski definition) is 9. The van der Waals surface area contributed by atoms with E-state index in [0.717, 1.165) is 46.2 Å². The Hall–Kier alpha value is -4.44. The van der Waals surface area contributed by atoms with Crippen LogP contribution in [-0.2, 0) is 4.74 Å². The molecule has 1 aliphatic heterocycles. The predicted molar refractivity (Wildman–Crippen MR) is 173 cm³/mol. The van der Waals surface area contributed by atoms with Gasteiger partial charge in [-0.3, -0.25) is 0 Å². The SMILES string of the molecule is Cc1ccc2c(NCCC(C)O)cccc2c1Oc1ncccc1-c1ccnc(N[C@H]2CCCN(C(=O)OC(C)(C)C)C2)n1. The lowest BCUT2D eigenvalue weighted by Crippen LogP contribution is -2.47. The second-order valence-electron chi connectivity index (χ2n) is 12.3. The molecule has 2 aromatic carbocycles.